The molecular weight excluding hydrogens is 240 g/mol. The van der Waals surface area contributed by atoms with Crippen molar-refractivity contribution in [3.63, 3.8) is 0 Å². The molecule has 0 atom stereocenters. The Kier molecular flexibility index (Phi) is 6.02. The molecule has 1 aromatic rings. The Hall–Kier alpha value is -1.36. The number of nitrogens with one attached hydrogen (secondary N) is 2. The van der Waals surface area contributed by atoms with Crippen molar-refractivity contribution in [2.45, 2.75) is 34.1 Å². The summed E-state index contributed by atoms with van der Waals surface area (Å²) in [5.74, 6) is 1.55. The number of ether oxygens (including phenoxy) is 1. The normalized spacial score (nSPS) is 11.4. The molecule has 5 nitrogen and oxygen atoms in total. The smallest absolute Gasteiger partial charge is 0.224 e. The van der Waals surface area contributed by atoms with Crippen molar-refractivity contribution in [2.24, 2.45) is 5.41 Å². The van der Waals surface area contributed by atoms with Crippen LogP contribution in [0.3, 0.4) is 0 Å². The molecule has 1 rings (SSSR count). The maximum atomic E-state index is 5.14. The highest BCUT2D eigenvalue weighted by molar-refractivity contribution is 5.42. The quantitative estimate of drug-likeness (QED) is 0.757. The summed E-state index contributed by atoms with van der Waals surface area (Å²) in [7, 11) is 1.74. The Morgan fingerprint density at radius 2 is 2.00 bits per heavy atom. The maximum Gasteiger partial charge on any atom is 0.224 e. The molecule has 0 radical (unpaired) electrons. The molecule has 0 amide bonds. The van der Waals surface area contributed by atoms with Gasteiger partial charge in [0, 0.05) is 38.6 Å². The molecule has 0 aliphatic carbocycles. The minimum Gasteiger partial charge on any atom is -0.385 e. The monoisotopic (exact) mass is 266 g/mol. The highest BCUT2D eigenvalue weighted by Crippen LogP contribution is 2.21. The van der Waals surface area contributed by atoms with Crippen LogP contribution in [0.25, 0.3) is 0 Å². The van der Waals surface area contributed by atoms with Gasteiger partial charge in [-0.25, -0.2) is 4.98 Å². The van der Waals surface area contributed by atoms with Gasteiger partial charge in [-0.2, -0.15) is 4.98 Å². The van der Waals surface area contributed by atoms with Crippen LogP contribution in [0.1, 0.15) is 32.9 Å². The molecular formula is C14H26N4O. The number of hydrogen-bond acceptors (Lipinski definition) is 5. The summed E-state index contributed by atoms with van der Waals surface area (Å²) in [5.41, 5.74) is 1.14. The van der Waals surface area contributed by atoms with Gasteiger partial charge in [-0.1, -0.05) is 13.8 Å². The molecule has 1 heterocycles. The number of anilines is 2. The second-order valence-corrected chi connectivity index (χ2v) is 5.51. The predicted octanol–water partition coefficient (Wildman–Crippen LogP) is 2.69. The first kappa shape index (κ1) is 15.7. The molecule has 0 saturated carbocycles. The van der Waals surface area contributed by atoms with E-state index in [2.05, 4.69) is 34.4 Å². The summed E-state index contributed by atoms with van der Waals surface area (Å²) in [6.45, 7) is 10.9. The van der Waals surface area contributed by atoms with Crippen molar-refractivity contribution in [1.29, 1.82) is 0 Å². The maximum absolute atomic E-state index is 5.14. The minimum absolute atomic E-state index is 0.174. The third-order valence-corrected chi connectivity index (χ3v) is 2.92. The van der Waals surface area contributed by atoms with Crippen molar-refractivity contribution in [1.82, 2.24) is 9.97 Å². The largest absolute Gasteiger partial charge is 0.385 e. The molecule has 1 aromatic heterocycles. The van der Waals surface area contributed by atoms with E-state index >= 15 is 0 Å². The zero-order valence-electron chi connectivity index (χ0n) is 12.7. The third-order valence-electron chi connectivity index (χ3n) is 2.92. The molecule has 0 fully saturated rings. The van der Waals surface area contributed by atoms with Crippen molar-refractivity contribution in [3.8, 4) is 0 Å². The number of rotatable bonds is 8. The lowest BCUT2D eigenvalue weighted by Gasteiger charge is -2.25. The minimum atomic E-state index is 0.174. The van der Waals surface area contributed by atoms with E-state index in [4.69, 9.17) is 4.74 Å². The number of hydrogen-bond donors (Lipinski definition) is 2. The van der Waals surface area contributed by atoms with E-state index in [1.54, 1.807) is 7.11 Å². The fourth-order valence-electron chi connectivity index (χ4n) is 1.69. The fourth-order valence-corrected chi connectivity index (χ4v) is 1.69. The number of aromatic nitrogens is 2. The van der Waals surface area contributed by atoms with E-state index < -0.39 is 0 Å². The number of nitrogens with zero attached hydrogens (tertiary/aromatic N) is 2. The van der Waals surface area contributed by atoms with Crippen LogP contribution in [0.4, 0.5) is 11.8 Å². The summed E-state index contributed by atoms with van der Waals surface area (Å²) < 4.78 is 5.14. The molecule has 0 unspecified atom stereocenters. The van der Waals surface area contributed by atoms with E-state index in [1.165, 1.54) is 0 Å². The van der Waals surface area contributed by atoms with Gasteiger partial charge >= 0.3 is 0 Å². The highest BCUT2D eigenvalue weighted by Gasteiger charge is 2.17. The highest BCUT2D eigenvalue weighted by atomic mass is 16.5. The lowest BCUT2D eigenvalue weighted by atomic mass is 9.90. The van der Waals surface area contributed by atoms with Gasteiger partial charge in [-0.3, -0.25) is 0 Å². The van der Waals surface area contributed by atoms with Crippen LogP contribution in [0, 0.1) is 12.3 Å². The molecule has 2 N–H and O–H groups in total. The number of aryl methyl sites for hydroxylation is 1. The molecule has 0 aromatic carbocycles. The van der Waals surface area contributed by atoms with Crippen LogP contribution >= 0.6 is 0 Å². The van der Waals surface area contributed by atoms with E-state index in [0.717, 1.165) is 37.6 Å². The van der Waals surface area contributed by atoms with Crippen LogP contribution in [-0.4, -0.2) is 36.8 Å². The lowest BCUT2D eigenvalue weighted by molar-refractivity contribution is 0.157. The van der Waals surface area contributed by atoms with Gasteiger partial charge in [0.15, 0.2) is 0 Å². The Balaban J connectivity index is 2.61. The molecule has 0 saturated heterocycles. The third kappa shape index (κ3) is 5.87. The average Bonchev–Trinajstić information content (AvgIpc) is 2.34. The predicted molar refractivity (Wildman–Crippen MR) is 79.7 cm³/mol. The average molecular weight is 266 g/mol. The van der Waals surface area contributed by atoms with Crippen molar-refractivity contribution >= 4 is 11.8 Å². The summed E-state index contributed by atoms with van der Waals surface area (Å²) in [5, 5.41) is 6.52. The molecule has 108 valence electrons. The molecule has 5 heteroatoms. The number of methoxy groups -OCH3 is 1. The van der Waals surface area contributed by atoms with E-state index in [0.29, 0.717) is 5.95 Å². The van der Waals surface area contributed by atoms with Crippen molar-refractivity contribution in [2.75, 3.05) is 37.4 Å². The zero-order chi connectivity index (χ0) is 14.3. The fraction of sp³-hybridized carbons (Fsp3) is 0.714. The van der Waals surface area contributed by atoms with Gasteiger partial charge in [0.25, 0.3) is 0 Å². The van der Waals surface area contributed by atoms with Gasteiger partial charge in [0.1, 0.15) is 5.82 Å². The second-order valence-electron chi connectivity index (χ2n) is 5.51. The first-order valence-corrected chi connectivity index (χ1v) is 6.79. The van der Waals surface area contributed by atoms with Crippen LogP contribution in [-0.2, 0) is 4.74 Å². The van der Waals surface area contributed by atoms with Crippen LogP contribution < -0.4 is 10.6 Å². The lowest BCUT2D eigenvalue weighted by Crippen LogP contribution is -2.25. The Bertz CT molecular complexity index is 393. The summed E-state index contributed by atoms with van der Waals surface area (Å²) >= 11 is 0. The van der Waals surface area contributed by atoms with E-state index in [1.807, 2.05) is 19.9 Å². The molecule has 0 spiro atoms. The summed E-state index contributed by atoms with van der Waals surface area (Å²) in [6, 6.07) is 1.97. The first-order valence-electron chi connectivity index (χ1n) is 6.79. The summed E-state index contributed by atoms with van der Waals surface area (Å²) in [4.78, 5) is 8.78. The standard InChI is InChI=1S/C14H26N4O/c1-6-15-13-17-11(2)9-12(18-13)16-10-14(3,4)7-8-19-5/h9H,6-8,10H2,1-5H3,(H2,15,16,17,18). The van der Waals surface area contributed by atoms with Crippen molar-refractivity contribution < 1.29 is 4.74 Å². The van der Waals surface area contributed by atoms with E-state index in [9.17, 15) is 0 Å². The van der Waals surface area contributed by atoms with Crippen LogP contribution in [0.2, 0.25) is 0 Å². The first-order chi connectivity index (χ1) is 8.96. The Labute approximate surface area is 116 Å². The van der Waals surface area contributed by atoms with Gasteiger partial charge in [-0.05, 0) is 25.7 Å². The van der Waals surface area contributed by atoms with Crippen molar-refractivity contribution in [3.05, 3.63) is 11.8 Å². The Morgan fingerprint density at radius 3 is 2.63 bits per heavy atom. The molecule has 19 heavy (non-hydrogen) atoms. The molecule has 0 bridgehead atoms. The van der Waals surface area contributed by atoms with Crippen LogP contribution in [0.15, 0.2) is 6.07 Å². The van der Waals surface area contributed by atoms with Gasteiger partial charge < -0.3 is 15.4 Å². The molecule has 0 aliphatic heterocycles. The van der Waals surface area contributed by atoms with Gasteiger partial charge in [-0.15, -0.1) is 0 Å². The zero-order valence-corrected chi connectivity index (χ0v) is 12.7. The van der Waals surface area contributed by atoms with E-state index in [-0.39, 0.29) is 5.41 Å². The van der Waals surface area contributed by atoms with Crippen LogP contribution in [0.5, 0.6) is 0 Å². The van der Waals surface area contributed by atoms with Gasteiger partial charge in [0.05, 0.1) is 0 Å². The van der Waals surface area contributed by atoms with Gasteiger partial charge in [0.2, 0.25) is 5.95 Å². The summed E-state index contributed by atoms with van der Waals surface area (Å²) in [6.07, 6.45) is 1.01. The Morgan fingerprint density at radius 1 is 1.26 bits per heavy atom. The second kappa shape index (κ2) is 7.28. The topological polar surface area (TPSA) is 59.1 Å². The molecule has 0 aliphatic rings. The SMILES string of the molecule is CCNc1nc(C)cc(NCC(C)(C)CCOC)n1.